The third-order valence-electron chi connectivity index (χ3n) is 3.59. The van der Waals surface area contributed by atoms with Crippen LogP contribution >= 0.6 is 0 Å². The highest BCUT2D eigenvalue weighted by Crippen LogP contribution is 2.18. The standard InChI is InChI=1S/C17H28N2O2/c1-5-8-19-17(4,16(18)20)7-6-9-21-15-11-13(2)10-14(3)12-15/h10-12,19H,5-9H2,1-4H3,(H2,18,20). The van der Waals surface area contributed by atoms with Crippen LogP contribution in [0.3, 0.4) is 0 Å². The summed E-state index contributed by atoms with van der Waals surface area (Å²) in [6.45, 7) is 9.41. The fraction of sp³-hybridized carbons (Fsp3) is 0.588. The fourth-order valence-electron chi connectivity index (χ4n) is 2.33. The van der Waals surface area contributed by atoms with E-state index in [1.807, 2.05) is 19.1 Å². The molecule has 0 aliphatic heterocycles. The van der Waals surface area contributed by atoms with Gasteiger partial charge in [-0.2, -0.15) is 0 Å². The van der Waals surface area contributed by atoms with Crippen molar-refractivity contribution in [2.24, 2.45) is 5.73 Å². The first-order chi connectivity index (χ1) is 9.87. The number of hydrogen-bond acceptors (Lipinski definition) is 3. The summed E-state index contributed by atoms with van der Waals surface area (Å²) in [6, 6.07) is 6.16. The molecule has 0 aliphatic carbocycles. The molecule has 0 radical (unpaired) electrons. The van der Waals surface area contributed by atoms with Gasteiger partial charge in [0.05, 0.1) is 12.1 Å². The van der Waals surface area contributed by atoms with E-state index >= 15 is 0 Å². The smallest absolute Gasteiger partial charge is 0.237 e. The lowest BCUT2D eigenvalue weighted by Gasteiger charge is -2.27. The molecule has 0 saturated carbocycles. The molecule has 0 spiro atoms. The Bertz CT molecular complexity index is 454. The average molecular weight is 292 g/mol. The van der Waals surface area contributed by atoms with Crippen LogP contribution in [0.2, 0.25) is 0 Å². The Kier molecular flexibility index (Phi) is 6.69. The molecule has 0 aliphatic rings. The third-order valence-corrected chi connectivity index (χ3v) is 3.59. The molecule has 1 aromatic carbocycles. The fourth-order valence-corrected chi connectivity index (χ4v) is 2.33. The number of rotatable bonds is 9. The summed E-state index contributed by atoms with van der Waals surface area (Å²) in [7, 11) is 0. The Morgan fingerprint density at radius 2 is 1.90 bits per heavy atom. The molecule has 0 saturated heterocycles. The SMILES string of the molecule is CCCNC(C)(CCCOc1cc(C)cc(C)c1)C(N)=O. The van der Waals surface area contributed by atoms with Crippen molar-refractivity contribution in [1.82, 2.24) is 5.32 Å². The Hall–Kier alpha value is -1.55. The predicted molar refractivity (Wildman–Crippen MR) is 86.5 cm³/mol. The van der Waals surface area contributed by atoms with Gasteiger partial charge in [0.1, 0.15) is 5.75 Å². The molecule has 0 heterocycles. The van der Waals surface area contributed by atoms with Gasteiger partial charge in [-0.1, -0.05) is 13.0 Å². The average Bonchev–Trinajstić information content (AvgIpc) is 2.40. The Labute approximate surface area is 128 Å². The van der Waals surface area contributed by atoms with Crippen molar-refractivity contribution in [1.29, 1.82) is 0 Å². The summed E-state index contributed by atoms with van der Waals surface area (Å²) in [5, 5.41) is 3.23. The van der Waals surface area contributed by atoms with Gasteiger partial charge >= 0.3 is 0 Å². The lowest BCUT2D eigenvalue weighted by atomic mass is 9.95. The molecule has 4 heteroatoms. The molecule has 1 rings (SSSR count). The monoisotopic (exact) mass is 292 g/mol. The van der Waals surface area contributed by atoms with E-state index in [0.29, 0.717) is 13.0 Å². The maximum absolute atomic E-state index is 11.6. The zero-order chi connectivity index (χ0) is 15.9. The first kappa shape index (κ1) is 17.5. The molecule has 1 atom stereocenters. The molecule has 3 N–H and O–H groups in total. The zero-order valence-electron chi connectivity index (χ0n) is 13.7. The van der Waals surface area contributed by atoms with Gasteiger partial charge in [-0.25, -0.2) is 0 Å². The van der Waals surface area contributed by atoms with Crippen LogP contribution in [0.4, 0.5) is 0 Å². The van der Waals surface area contributed by atoms with Gasteiger partial charge < -0.3 is 15.8 Å². The third kappa shape index (κ3) is 5.76. The predicted octanol–water partition coefficient (Wildman–Crippen LogP) is 2.71. The molecule has 21 heavy (non-hydrogen) atoms. The Balaban J connectivity index is 2.45. The summed E-state index contributed by atoms with van der Waals surface area (Å²) in [5.74, 6) is 0.581. The molecule has 0 aromatic heterocycles. The maximum Gasteiger partial charge on any atom is 0.237 e. The van der Waals surface area contributed by atoms with Crippen molar-refractivity contribution in [3.63, 3.8) is 0 Å². The summed E-state index contributed by atoms with van der Waals surface area (Å²) in [6.07, 6.45) is 2.43. The largest absolute Gasteiger partial charge is 0.494 e. The highest BCUT2D eigenvalue weighted by molar-refractivity contribution is 5.84. The zero-order valence-corrected chi connectivity index (χ0v) is 13.7. The van der Waals surface area contributed by atoms with Crippen LogP contribution in [0.5, 0.6) is 5.75 Å². The number of aryl methyl sites for hydroxylation is 2. The summed E-state index contributed by atoms with van der Waals surface area (Å²) < 4.78 is 5.77. The van der Waals surface area contributed by atoms with E-state index in [2.05, 4.69) is 32.2 Å². The quantitative estimate of drug-likeness (QED) is 0.688. The van der Waals surface area contributed by atoms with Crippen molar-refractivity contribution < 1.29 is 9.53 Å². The van der Waals surface area contributed by atoms with Crippen LogP contribution in [-0.4, -0.2) is 24.6 Å². The number of benzene rings is 1. The second-order valence-corrected chi connectivity index (χ2v) is 5.90. The number of hydrogen-bond donors (Lipinski definition) is 2. The minimum atomic E-state index is -0.651. The summed E-state index contributed by atoms with van der Waals surface area (Å²) in [5.41, 5.74) is 7.23. The normalized spacial score (nSPS) is 13.7. The van der Waals surface area contributed by atoms with Crippen molar-refractivity contribution >= 4 is 5.91 Å². The lowest BCUT2D eigenvalue weighted by molar-refractivity contribution is -0.124. The number of nitrogens with two attached hydrogens (primary N) is 1. The van der Waals surface area contributed by atoms with Gasteiger partial charge in [0, 0.05) is 0 Å². The van der Waals surface area contributed by atoms with Gasteiger partial charge in [0.25, 0.3) is 0 Å². The topological polar surface area (TPSA) is 64.3 Å². The minimum absolute atomic E-state index is 0.303. The van der Waals surface area contributed by atoms with E-state index in [1.165, 1.54) is 11.1 Å². The van der Waals surface area contributed by atoms with Crippen LogP contribution in [0, 0.1) is 13.8 Å². The van der Waals surface area contributed by atoms with E-state index in [1.54, 1.807) is 0 Å². The highest BCUT2D eigenvalue weighted by atomic mass is 16.5. The molecular weight excluding hydrogens is 264 g/mol. The van der Waals surface area contributed by atoms with Gasteiger partial charge in [-0.3, -0.25) is 4.79 Å². The maximum atomic E-state index is 11.6. The van der Waals surface area contributed by atoms with E-state index < -0.39 is 5.54 Å². The first-order valence-corrected chi connectivity index (χ1v) is 7.63. The van der Waals surface area contributed by atoms with Crippen LogP contribution in [0.1, 0.15) is 44.2 Å². The molecule has 1 aromatic rings. The second-order valence-electron chi connectivity index (χ2n) is 5.90. The van der Waals surface area contributed by atoms with Crippen LogP contribution < -0.4 is 15.8 Å². The van der Waals surface area contributed by atoms with Crippen molar-refractivity contribution in [2.45, 2.75) is 52.5 Å². The molecule has 118 valence electrons. The van der Waals surface area contributed by atoms with Crippen molar-refractivity contribution in [2.75, 3.05) is 13.2 Å². The number of carbonyl (C=O) groups excluding carboxylic acids is 1. The van der Waals surface area contributed by atoms with E-state index in [-0.39, 0.29) is 5.91 Å². The molecule has 1 amide bonds. The number of nitrogens with one attached hydrogen (secondary N) is 1. The summed E-state index contributed by atoms with van der Waals surface area (Å²) >= 11 is 0. The van der Waals surface area contributed by atoms with Gasteiger partial charge in [0.15, 0.2) is 0 Å². The van der Waals surface area contributed by atoms with E-state index in [4.69, 9.17) is 10.5 Å². The number of ether oxygens (including phenoxy) is 1. The lowest BCUT2D eigenvalue weighted by Crippen LogP contribution is -2.53. The molecule has 0 bridgehead atoms. The van der Waals surface area contributed by atoms with Gasteiger partial charge in [-0.15, -0.1) is 0 Å². The van der Waals surface area contributed by atoms with Crippen molar-refractivity contribution in [3.05, 3.63) is 29.3 Å². The summed E-state index contributed by atoms with van der Waals surface area (Å²) in [4.78, 5) is 11.6. The number of carbonyl (C=O) groups is 1. The van der Waals surface area contributed by atoms with E-state index in [0.717, 1.165) is 25.1 Å². The van der Waals surface area contributed by atoms with Gasteiger partial charge in [0.2, 0.25) is 5.91 Å². The molecule has 4 nitrogen and oxygen atoms in total. The first-order valence-electron chi connectivity index (χ1n) is 7.63. The number of amides is 1. The van der Waals surface area contributed by atoms with Crippen LogP contribution in [0.25, 0.3) is 0 Å². The Morgan fingerprint density at radius 3 is 2.43 bits per heavy atom. The van der Waals surface area contributed by atoms with E-state index in [9.17, 15) is 4.79 Å². The number of primary amides is 1. The molecule has 1 unspecified atom stereocenters. The van der Waals surface area contributed by atoms with Crippen LogP contribution in [-0.2, 0) is 4.79 Å². The van der Waals surface area contributed by atoms with Crippen LogP contribution in [0.15, 0.2) is 18.2 Å². The second kappa shape index (κ2) is 8.03. The minimum Gasteiger partial charge on any atom is -0.494 e. The molecule has 0 fully saturated rings. The highest BCUT2D eigenvalue weighted by Gasteiger charge is 2.29. The van der Waals surface area contributed by atoms with Gasteiger partial charge in [-0.05, 0) is 69.8 Å². The Morgan fingerprint density at radius 1 is 1.29 bits per heavy atom. The molecular formula is C17H28N2O2. The van der Waals surface area contributed by atoms with Crippen molar-refractivity contribution in [3.8, 4) is 5.75 Å².